The van der Waals surface area contributed by atoms with Crippen LogP contribution in [0.2, 0.25) is 0 Å². The average molecular weight is 210 g/mol. The van der Waals surface area contributed by atoms with Crippen LogP contribution in [0.15, 0.2) is 24.5 Å². The first kappa shape index (κ1) is 14.5. The number of nitrogens with one attached hydrogen (secondary N) is 1. The Morgan fingerprint density at radius 2 is 1.69 bits per heavy atom. The molecule has 0 spiro atoms. The van der Waals surface area contributed by atoms with Crippen LogP contribution >= 0.6 is 7.82 Å². The van der Waals surface area contributed by atoms with Crippen LogP contribution in [0.1, 0.15) is 0 Å². The van der Waals surface area contributed by atoms with E-state index >= 15 is 0 Å². The van der Waals surface area contributed by atoms with Crippen molar-refractivity contribution in [3.05, 3.63) is 24.5 Å². The maximum Gasteiger partial charge on any atom is 0.262 e. The van der Waals surface area contributed by atoms with E-state index in [0.717, 1.165) is 5.69 Å². The molecular formula is C5H11N2O5P. The largest absolute Gasteiger partial charge is 0.756 e. The highest BCUT2D eigenvalue weighted by molar-refractivity contribution is 7.43. The number of pyridine rings is 1. The first-order chi connectivity index (χ1) is 5.39. The lowest BCUT2D eigenvalue weighted by Gasteiger charge is -2.01. The fourth-order valence-electron chi connectivity index (χ4n) is 0.400. The van der Waals surface area contributed by atoms with Crippen LogP contribution in [0.25, 0.3) is 0 Å². The number of hydrogen-bond donors (Lipinski definition) is 3. The normalized spacial score (nSPS) is 9.15. The summed E-state index contributed by atoms with van der Waals surface area (Å²) >= 11 is 0. The number of aromatic amines is 1. The Balaban J connectivity index is 0. The SMILES string of the molecule is Nc1cc[nH+]cc1.O.O=P([O-])(O)O. The van der Waals surface area contributed by atoms with Crippen LogP contribution in [0.5, 0.6) is 0 Å². The third-order valence-corrected chi connectivity index (χ3v) is 0.744. The molecule has 7 nitrogen and oxygen atoms in total. The Bertz CT molecular complexity index is 253. The molecule has 1 aromatic rings. The van der Waals surface area contributed by atoms with Gasteiger partial charge in [0.25, 0.3) is 7.82 Å². The second-order valence-electron chi connectivity index (χ2n) is 1.82. The van der Waals surface area contributed by atoms with Crippen molar-refractivity contribution in [2.24, 2.45) is 0 Å². The molecule has 0 aliphatic rings. The average Bonchev–Trinajstić information content (AvgIpc) is 1.85. The number of phosphoric acid groups is 1. The van der Waals surface area contributed by atoms with Gasteiger partial charge in [0, 0.05) is 17.8 Å². The van der Waals surface area contributed by atoms with Gasteiger partial charge in [-0.3, -0.25) is 4.57 Å². The van der Waals surface area contributed by atoms with Crippen molar-refractivity contribution in [3.63, 3.8) is 0 Å². The number of aromatic nitrogens is 1. The molecule has 0 saturated heterocycles. The quantitative estimate of drug-likeness (QED) is 0.411. The van der Waals surface area contributed by atoms with E-state index in [2.05, 4.69) is 4.98 Å². The lowest BCUT2D eigenvalue weighted by atomic mass is 10.4. The first-order valence-corrected chi connectivity index (χ1v) is 4.41. The lowest BCUT2D eigenvalue weighted by molar-refractivity contribution is -0.377. The van der Waals surface area contributed by atoms with Gasteiger partial charge in [0.1, 0.15) is 0 Å². The highest BCUT2D eigenvalue weighted by Gasteiger charge is 1.82. The van der Waals surface area contributed by atoms with Crippen molar-refractivity contribution in [1.29, 1.82) is 0 Å². The Labute approximate surface area is 74.4 Å². The van der Waals surface area contributed by atoms with Crippen molar-refractivity contribution in [2.75, 3.05) is 5.73 Å². The van der Waals surface area contributed by atoms with E-state index in [0.29, 0.717) is 0 Å². The van der Waals surface area contributed by atoms with Crippen molar-refractivity contribution in [1.82, 2.24) is 0 Å². The topological polar surface area (TPSA) is 152 Å². The first-order valence-electron chi connectivity index (χ1n) is 2.88. The molecule has 0 aliphatic carbocycles. The zero-order valence-electron chi connectivity index (χ0n) is 6.54. The van der Waals surface area contributed by atoms with Gasteiger partial charge in [-0.25, -0.2) is 4.98 Å². The highest BCUT2D eigenvalue weighted by atomic mass is 31.2. The van der Waals surface area contributed by atoms with E-state index in [1.165, 1.54) is 0 Å². The minimum atomic E-state index is -4.89. The fraction of sp³-hybridized carbons (Fsp3) is 0. The smallest absolute Gasteiger partial charge is 0.262 e. The van der Waals surface area contributed by atoms with E-state index in [4.69, 9.17) is 25.0 Å². The maximum absolute atomic E-state index is 8.77. The zero-order valence-corrected chi connectivity index (χ0v) is 7.44. The molecular weight excluding hydrogens is 199 g/mol. The zero-order chi connectivity index (χ0) is 9.61. The van der Waals surface area contributed by atoms with Crippen LogP contribution in [0.3, 0.4) is 0 Å². The van der Waals surface area contributed by atoms with Gasteiger partial charge in [0.15, 0.2) is 12.4 Å². The molecule has 0 bridgehead atoms. The van der Waals surface area contributed by atoms with Gasteiger partial charge in [-0.15, -0.1) is 0 Å². The molecule has 76 valence electrons. The lowest BCUT2D eigenvalue weighted by Crippen LogP contribution is -1.97. The molecule has 1 heterocycles. The third-order valence-electron chi connectivity index (χ3n) is 0.744. The van der Waals surface area contributed by atoms with Crippen molar-refractivity contribution < 1.29 is 29.7 Å². The van der Waals surface area contributed by atoms with Crippen LogP contribution in [-0.2, 0) is 4.57 Å². The molecule has 0 unspecified atom stereocenters. The number of hydrogen-bond acceptors (Lipinski definition) is 3. The predicted molar refractivity (Wildman–Crippen MR) is 43.1 cm³/mol. The van der Waals surface area contributed by atoms with Gasteiger partial charge in [0.05, 0.1) is 0 Å². The van der Waals surface area contributed by atoms with Gasteiger partial charge in [-0.05, 0) is 0 Å². The van der Waals surface area contributed by atoms with Gasteiger partial charge < -0.3 is 25.9 Å². The Morgan fingerprint density at radius 3 is 1.85 bits per heavy atom. The summed E-state index contributed by atoms with van der Waals surface area (Å²) in [6.45, 7) is 0. The van der Waals surface area contributed by atoms with Crippen molar-refractivity contribution >= 4 is 13.5 Å². The minimum absolute atomic E-state index is 0. The number of anilines is 1. The van der Waals surface area contributed by atoms with E-state index < -0.39 is 7.82 Å². The number of nitrogen functional groups attached to an aromatic ring is 1. The third kappa shape index (κ3) is 18.2. The summed E-state index contributed by atoms with van der Waals surface area (Å²) in [4.78, 5) is 25.8. The molecule has 1 rings (SSSR count). The van der Waals surface area contributed by atoms with Gasteiger partial charge >= 0.3 is 0 Å². The summed E-state index contributed by atoms with van der Waals surface area (Å²) in [7, 11) is -4.89. The Kier molecular flexibility index (Phi) is 7.30. The maximum atomic E-state index is 8.77. The Morgan fingerprint density at radius 1 is 1.38 bits per heavy atom. The van der Waals surface area contributed by atoms with Crippen LogP contribution in [0, 0.1) is 0 Å². The van der Waals surface area contributed by atoms with Crippen molar-refractivity contribution in [3.8, 4) is 0 Å². The summed E-state index contributed by atoms with van der Waals surface area (Å²) in [5, 5.41) is 0. The molecule has 0 radical (unpaired) electrons. The number of nitrogens with two attached hydrogens (primary N) is 1. The minimum Gasteiger partial charge on any atom is -0.756 e. The fourth-order valence-corrected chi connectivity index (χ4v) is 0.400. The molecule has 13 heavy (non-hydrogen) atoms. The highest BCUT2D eigenvalue weighted by Crippen LogP contribution is 2.18. The molecule has 0 aliphatic heterocycles. The van der Waals surface area contributed by atoms with E-state index in [-0.39, 0.29) is 5.48 Å². The molecule has 1 aromatic heterocycles. The second kappa shape index (κ2) is 6.53. The van der Waals surface area contributed by atoms with E-state index in [1.807, 2.05) is 0 Å². The summed E-state index contributed by atoms with van der Waals surface area (Å²) < 4.78 is 8.77. The van der Waals surface area contributed by atoms with Crippen LogP contribution < -0.4 is 15.6 Å². The number of H-pyrrole nitrogens is 1. The Hall–Kier alpha value is -0.980. The molecule has 0 amide bonds. The molecule has 0 fully saturated rings. The van der Waals surface area contributed by atoms with Crippen LogP contribution in [-0.4, -0.2) is 15.3 Å². The molecule has 0 atom stereocenters. The van der Waals surface area contributed by atoms with E-state index in [1.54, 1.807) is 24.5 Å². The monoisotopic (exact) mass is 210 g/mol. The predicted octanol–water partition coefficient (Wildman–Crippen LogP) is -2.30. The van der Waals surface area contributed by atoms with Gasteiger partial charge in [0.2, 0.25) is 0 Å². The van der Waals surface area contributed by atoms with Gasteiger partial charge in [-0.1, -0.05) is 0 Å². The summed E-state index contributed by atoms with van der Waals surface area (Å²) in [5.41, 5.74) is 6.13. The van der Waals surface area contributed by atoms with Crippen molar-refractivity contribution in [2.45, 2.75) is 0 Å². The molecule has 7 N–H and O–H groups in total. The molecule has 8 heteroatoms. The molecule has 0 saturated carbocycles. The number of rotatable bonds is 0. The van der Waals surface area contributed by atoms with E-state index in [9.17, 15) is 0 Å². The van der Waals surface area contributed by atoms with Crippen LogP contribution in [0.4, 0.5) is 5.69 Å². The molecule has 0 aromatic carbocycles. The van der Waals surface area contributed by atoms with Gasteiger partial charge in [-0.2, -0.15) is 0 Å². The summed E-state index contributed by atoms with van der Waals surface area (Å²) in [6, 6.07) is 3.61. The standard InChI is InChI=1S/C5H6N2.H3O4P.H2O/c6-5-1-3-7-4-2-5;1-5(2,3)4;/h1-4H,(H2,6,7);(H3,1,2,3,4);1H2. The second-order valence-corrected chi connectivity index (χ2v) is 2.81. The summed E-state index contributed by atoms with van der Waals surface area (Å²) in [5.74, 6) is 0. The summed E-state index contributed by atoms with van der Waals surface area (Å²) in [6.07, 6.45) is 3.57.